The van der Waals surface area contributed by atoms with Crippen LogP contribution in [-0.2, 0) is 16.0 Å². The van der Waals surface area contributed by atoms with Gasteiger partial charge in [0.15, 0.2) is 0 Å². The number of benzene rings is 1. The first-order valence-corrected chi connectivity index (χ1v) is 12.6. The highest BCUT2D eigenvalue weighted by Crippen LogP contribution is 2.30. The highest BCUT2D eigenvalue weighted by molar-refractivity contribution is 5.80. The molecule has 170 valence electrons. The van der Waals surface area contributed by atoms with E-state index in [0.29, 0.717) is 12.3 Å². The van der Waals surface area contributed by atoms with Gasteiger partial charge in [0.05, 0.1) is 0 Å². The minimum atomic E-state index is 0.197. The van der Waals surface area contributed by atoms with Crippen LogP contribution in [0.15, 0.2) is 30.3 Å². The SMILES string of the molecule is O=C(CCCc1ccccc1)N1CCCC(N(CCN2CCCC2)C(=O)C2CCC2)C1. The number of nitrogens with zero attached hydrogens (tertiary/aromatic N) is 3. The number of carbonyl (C=O) groups is 2. The van der Waals surface area contributed by atoms with Crippen molar-refractivity contribution in [1.29, 1.82) is 0 Å². The van der Waals surface area contributed by atoms with Gasteiger partial charge in [0.2, 0.25) is 11.8 Å². The smallest absolute Gasteiger partial charge is 0.226 e. The maximum absolute atomic E-state index is 13.2. The summed E-state index contributed by atoms with van der Waals surface area (Å²) in [5.74, 6) is 0.848. The Morgan fingerprint density at radius 2 is 1.71 bits per heavy atom. The predicted octanol–water partition coefficient (Wildman–Crippen LogP) is 3.72. The zero-order valence-electron chi connectivity index (χ0n) is 19.0. The molecular weight excluding hydrogens is 386 g/mol. The van der Waals surface area contributed by atoms with Gasteiger partial charge in [-0.2, -0.15) is 0 Å². The van der Waals surface area contributed by atoms with Crippen LogP contribution in [0.2, 0.25) is 0 Å². The summed E-state index contributed by atoms with van der Waals surface area (Å²) >= 11 is 0. The maximum atomic E-state index is 13.2. The summed E-state index contributed by atoms with van der Waals surface area (Å²) in [6.07, 6.45) is 10.3. The van der Waals surface area contributed by atoms with Crippen LogP contribution >= 0.6 is 0 Å². The molecule has 2 amide bonds. The quantitative estimate of drug-likeness (QED) is 0.606. The molecule has 1 aliphatic carbocycles. The average molecular weight is 426 g/mol. The van der Waals surface area contributed by atoms with E-state index in [1.54, 1.807) is 0 Å². The first kappa shape index (κ1) is 22.3. The van der Waals surface area contributed by atoms with Crippen molar-refractivity contribution in [2.24, 2.45) is 5.92 Å². The Morgan fingerprint density at radius 1 is 0.935 bits per heavy atom. The summed E-state index contributed by atoms with van der Waals surface area (Å²) in [7, 11) is 0. The Morgan fingerprint density at radius 3 is 2.42 bits per heavy atom. The van der Waals surface area contributed by atoms with E-state index >= 15 is 0 Å². The largest absolute Gasteiger partial charge is 0.341 e. The minimum Gasteiger partial charge on any atom is -0.341 e. The van der Waals surface area contributed by atoms with Crippen molar-refractivity contribution >= 4 is 11.8 Å². The number of aryl methyl sites for hydroxylation is 1. The third kappa shape index (κ3) is 6.09. The molecule has 0 bridgehead atoms. The molecule has 2 heterocycles. The highest BCUT2D eigenvalue weighted by atomic mass is 16.2. The van der Waals surface area contributed by atoms with Crippen LogP contribution in [0, 0.1) is 5.92 Å². The molecule has 2 saturated heterocycles. The van der Waals surface area contributed by atoms with Crippen LogP contribution in [0.25, 0.3) is 0 Å². The molecule has 1 aromatic rings. The van der Waals surface area contributed by atoms with E-state index in [4.69, 9.17) is 0 Å². The van der Waals surface area contributed by atoms with Crippen molar-refractivity contribution < 1.29 is 9.59 Å². The Kier molecular flexibility index (Phi) is 8.01. The Hall–Kier alpha value is -1.88. The molecule has 5 nitrogen and oxygen atoms in total. The van der Waals surface area contributed by atoms with Gasteiger partial charge in [-0.3, -0.25) is 9.59 Å². The first-order valence-electron chi connectivity index (χ1n) is 12.6. The monoisotopic (exact) mass is 425 g/mol. The molecular formula is C26H39N3O2. The summed E-state index contributed by atoms with van der Waals surface area (Å²) in [5, 5.41) is 0. The molecule has 3 aliphatic rings. The fraction of sp³-hybridized carbons (Fsp3) is 0.692. The van der Waals surface area contributed by atoms with Gasteiger partial charge in [0, 0.05) is 44.6 Å². The van der Waals surface area contributed by atoms with Gasteiger partial charge in [-0.15, -0.1) is 0 Å². The Bertz CT molecular complexity index is 713. The molecule has 4 rings (SSSR count). The van der Waals surface area contributed by atoms with E-state index in [-0.39, 0.29) is 17.9 Å². The average Bonchev–Trinajstić information content (AvgIpc) is 3.27. The van der Waals surface area contributed by atoms with Gasteiger partial charge in [0.25, 0.3) is 0 Å². The van der Waals surface area contributed by atoms with Crippen molar-refractivity contribution in [2.75, 3.05) is 39.3 Å². The Balaban J connectivity index is 1.30. The van der Waals surface area contributed by atoms with Crippen LogP contribution in [-0.4, -0.2) is 71.8 Å². The van der Waals surface area contributed by atoms with Crippen molar-refractivity contribution in [2.45, 2.75) is 70.3 Å². The predicted molar refractivity (Wildman–Crippen MR) is 124 cm³/mol. The van der Waals surface area contributed by atoms with Gasteiger partial charge in [-0.25, -0.2) is 0 Å². The molecule has 31 heavy (non-hydrogen) atoms. The van der Waals surface area contributed by atoms with E-state index in [2.05, 4.69) is 34.1 Å². The summed E-state index contributed by atoms with van der Waals surface area (Å²) in [6, 6.07) is 10.6. The molecule has 0 spiro atoms. The van der Waals surface area contributed by atoms with Crippen LogP contribution in [0.3, 0.4) is 0 Å². The van der Waals surface area contributed by atoms with Gasteiger partial charge in [-0.05, 0) is 70.0 Å². The second kappa shape index (κ2) is 11.1. The molecule has 2 aliphatic heterocycles. The summed E-state index contributed by atoms with van der Waals surface area (Å²) in [5.41, 5.74) is 1.30. The molecule has 1 saturated carbocycles. The van der Waals surface area contributed by atoms with E-state index in [0.717, 1.165) is 64.7 Å². The molecule has 0 aromatic heterocycles. The fourth-order valence-corrected chi connectivity index (χ4v) is 5.30. The van der Waals surface area contributed by atoms with E-state index in [9.17, 15) is 9.59 Å². The van der Waals surface area contributed by atoms with Crippen LogP contribution in [0.5, 0.6) is 0 Å². The second-order valence-corrected chi connectivity index (χ2v) is 9.68. The normalized spacial score (nSPS) is 22.3. The zero-order valence-corrected chi connectivity index (χ0v) is 19.0. The summed E-state index contributed by atoms with van der Waals surface area (Å²) in [4.78, 5) is 32.9. The number of piperidine rings is 1. The molecule has 0 N–H and O–H groups in total. The number of rotatable bonds is 9. The highest BCUT2D eigenvalue weighted by Gasteiger charge is 2.35. The number of hydrogen-bond donors (Lipinski definition) is 0. The van der Waals surface area contributed by atoms with Gasteiger partial charge < -0.3 is 14.7 Å². The van der Waals surface area contributed by atoms with E-state index < -0.39 is 0 Å². The van der Waals surface area contributed by atoms with Crippen molar-refractivity contribution in [3.63, 3.8) is 0 Å². The van der Waals surface area contributed by atoms with E-state index in [1.807, 2.05) is 11.0 Å². The summed E-state index contributed by atoms with van der Waals surface area (Å²) in [6.45, 7) is 5.72. The van der Waals surface area contributed by atoms with Gasteiger partial charge >= 0.3 is 0 Å². The third-order valence-electron chi connectivity index (χ3n) is 7.48. The number of amides is 2. The van der Waals surface area contributed by atoms with Crippen LogP contribution in [0.1, 0.15) is 63.4 Å². The lowest BCUT2D eigenvalue weighted by Gasteiger charge is -2.42. The fourth-order valence-electron chi connectivity index (χ4n) is 5.30. The lowest BCUT2D eigenvalue weighted by Crippen LogP contribution is -2.55. The topological polar surface area (TPSA) is 43.9 Å². The summed E-state index contributed by atoms with van der Waals surface area (Å²) < 4.78 is 0. The minimum absolute atomic E-state index is 0.197. The lowest BCUT2D eigenvalue weighted by atomic mass is 9.83. The standard InChI is InChI=1S/C26H39N3O2/c30-25(15-6-11-22-9-2-1-3-10-22)28-18-8-14-24(21-28)29(26(31)23-12-7-13-23)20-19-27-16-4-5-17-27/h1-3,9-10,23-24H,4-8,11-21H2. The number of hydrogen-bond acceptors (Lipinski definition) is 3. The van der Waals surface area contributed by atoms with Crippen molar-refractivity contribution in [1.82, 2.24) is 14.7 Å². The van der Waals surface area contributed by atoms with Crippen molar-refractivity contribution in [3.8, 4) is 0 Å². The lowest BCUT2D eigenvalue weighted by molar-refractivity contribution is -0.145. The number of likely N-dealkylation sites (tertiary alicyclic amines) is 2. The number of carbonyl (C=O) groups excluding carboxylic acids is 2. The molecule has 5 heteroatoms. The van der Waals surface area contributed by atoms with Crippen LogP contribution < -0.4 is 0 Å². The second-order valence-electron chi connectivity index (χ2n) is 9.68. The van der Waals surface area contributed by atoms with Crippen LogP contribution in [0.4, 0.5) is 0 Å². The Labute approximate surface area is 187 Å². The molecule has 0 radical (unpaired) electrons. The molecule has 1 atom stereocenters. The van der Waals surface area contributed by atoms with Gasteiger partial charge in [-0.1, -0.05) is 36.8 Å². The van der Waals surface area contributed by atoms with E-state index in [1.165, 1.54) is 37.9 Å². The molecule has 3 fully saturated rings. The van der Waals surface area contributed by atoms with Crippen molar-refractivity contribution in [3.05, 3.63) is 35.9 Å². The third-order valence-corrected chi connectivity index (χ3v) is 7.48. The van der Waals surface area contributed by atoms with Gasteiger partial charge in [0.1, 0.15) is 0 Å². The first-order chi connectivity index (χ1) is 15.2. The molecule has 1 aromatic carbocycles. The maximum Gasteiger partial charge on any atom is 0.226 e. The zero-order chi connectivity index (χ0) is 21.5. The molecule has 1 unspecified atom stereocenters.